The van der Waals surface area contributed by atoms with Crippen LogP contribution in [-0.2, 0) is 32.5 Å². The average molecular weight is 553 g/mol. The van der Waals surface area contributed by atoms with Gasteiger partial charge in [-0.1, -0.05) is 85.7 Å². The van der Waals surface area contributed by atoms with Crippen LogP contribution in [0.2, 0.25) is 0 Å². The normalized spacial score (nSPS) is 32.5. The molecule has 4 nitrogen and oxygen atoms in total. The van der Waals surface area contributed by atoms with Crippen molar-refractivity contribution in [3.05, 3.63) is 103 Å². The third-order valence-electron chi connectivity index (χ3n) is 11.7. The van der Waals surface area contributed by atoms with Crippen molar-refractivity contribution in [1.29, 1.82) is 0 Å². The van der Waals surface area contributed by atoms with Gasteiger partial charge in [0.05, 0.1) is 0 Å². The minimum absolute atomic E-state index is 0.00422. The van der Waals surface area contributed by atoms with Crippen LogP contribution < -0.4 is 11.1 Å². The molecule has 6 rings (SSSR count). The zero-order chi connectivity index (χ0) is 29.6. The summed E-state index contributed by atoms with van der Waals surface area (Å²) in [6, 6.07) is 14.7. The van der Waals surface area contributed by atoms with Crippen LogP contribution in [0.15, 0.2) is 58.3 Å². The second-order valence-electron chi connectivity index (χ2n) is 16.3. The summed E-state index contributed by atoms with van der Waals surface area (Å²) < 4.78 is 0. The number of H-pyrrole nitrogens is 2. The van der Waals surface area contributed by atoms with Crippen molar-refractivity contribution in [2.24, 2.45) is 0 Å². The quantitative estimate of drug-likeness (QED) is 0.327. The van der Waals surface area contributed by atoms with E-state index in [1.807, 2.05) is 12.3 Å². The predicted octanol–water partition coefficient (Wildman–Crippen LogP) is 7.82. The number of aromatic nitrogens is 2. The zero-order valence-electron chi connectivity index (χ0n) is 26.4. The van der Waals surface area contributed by atoms with E-state index < -0.39 is 0 Å². The Hall–Kier alpha value is -2.88. The Bertz CT molecular complexity index is 1640. The fourth-order valence-electron chi connectivity index (χ4n) is 9.95. The number of fused-ring (bicyclic) bond motifs is 3. The molecule has 0 bridgehead atoms. The van der Waals surface area contributed by atoms with E-state index in [2.05, 4.69) is 95.7 Å². The monoisotopic (exact) mass is 552 g/mol. The van der Waals surface area contributed by atoms with Crippen LogP contribution in [0, 0.1) is 0 Å². The van der Waals surface area contributed by atoms with E-state index in [-0.39, 0.29) is 43.6 Å². The summed E-state index contributed by atoms with van der Waals surface area (Å²) in [4.78, 5) is 31.3. The van der Waals surface area contributed by atoms with Gasteiger partial charge in [0, 0.05) is 29.4 Å². The molecule has 0 amide bonds. The van der Waals surface area contributed by atoms with Crippen molar-refractivity contribution in [1.82, 2.24) is 9.97 Å². The molecule has 4 heteroatoms. The standard InChI is InChI=1S/C37H48N2O2/c1-32(2)21-34(5,25-12-10-9-11-24(25)32)17-18-37(8)23-36(7,26-13-14-29(40)39-31(26)37)16-15-35(6)22-33(3,4)28-20-38-30(41)19-27(28)35/h9-14,19-20H,15-18,21-23H2,1-8H3,(H,38,41)(H,39,40)/t34-,35+,36+,37-/m0/s1. The molecule has 2 aromatic heterocycles. The number of nitrogens with one attached hydrogen (secondary N) is 2. The topological polar surface area (TPSA) is 65.7 Å². The van der Waals surface area contributed by atoms with E-state index in [1.54, 1.807) is 6.07 Å². The molecule has 0 radical (unpaired) electrons. The number of benzene rings is 1. The first-order valence-corrected chi connectivity index (χ1v) is 15.6. The first-order chi connectivity index (χ1) is 19.0. The average Bonchev–Trinajstić information content (AvgIpc) is 3.34. The number of rotatable bonds is 6. The zero-order valence-corrected chi connectivity index (χ0v) is 26.4. The van der Waals surface area contributed by atoms with E-state index in [1.165, 1.54) is 27.8 Å². The molecule has 4 atom stereocenters. The summed E-state index contributed by atoms with van der Waals surface area (Å²) in [5.41, 5.74) is 8.06. The Morgan fingerprint density at radius 2 is 1.10 bits per heavy atom. The summed E-state index contributed by atoms with van der Waals surface area (Å²) in [6.45, 7) is 19.0. The third-order valence-corrected chi connectivity index (χ3v) is 11.7. The molecule has 0 saturated heterocycles. The highest BCUT2D eigenvalue weighted by atomic mass is 16.1. The molecule has 3 aromatic rings. The summed E-state index contributed by atoms with van der Waals surface area (Å²) >= 11 is 0. The summed E-state index contributed by atoms with van der Waals surface area (Å²) in [5.74, 6) is 0. The van der Waals surface area contributed by atoms with E-state index in [0.29, 0.717) is 0 Å². The van der Waals surface area contributed by atoms with E-state index in [4.69, 9.17) is 0 Å². The number of hydrogen-bond acceptors (Lipinski definition) is 2. The van der Waals surface area contributed by atoms with Crippen LogP contribution in [0.4, 0.5) is 0 Å². The molecule has 0 saturated carbocycles. The van der Waals surface area contributed by atoms with Crippen LogP contribution in [-0.4, -0.2) is 9.97 Å². The molecular weight excluding hydrogens is 504 g/mol. The van der Waals surface area contributed by atoms with Crippen molar-refractivity contribution in [2.75, 3.05) is 0 Å². The van der Waals surface area contributed by atoms with Gasteiger partial charge in [0.25, 0.3) is 0 Å². The molecule has 1 aromatic carbocycles. The maximum atomic E-state index is 12.7. The Morgan fingerprint density at radius 1 is 0.561 bits per heavy atom. The molecule has 2 heterocycles. The summed E-state index contributed by atoms with van der Waals surface area (Å²) in [7, 11) is 0. The van der Waals surface area contributed by atoms with Crippen molar-refractivity contribution < 1.29 is 0 Å². The molecular formula is C37H48N2O2. The van der Waals surface area contributed by atoms with Crippen molar-refractivity contribution in [3.8, 4) is 0 Å². The molecule has 0 unspecified atom stereocenters. The second kappa shape index (κ2) is 8.82. The van der Waals surface area contributed by atoms with E-state index >= 15 is 0 Å². The molecule has 0 fully saturated rings. The van der Waals surface area contributed by atoms with Crippen LogP contribution in [0.5, 0.6) is 0 Å². The smallest absolute Gasteiger partial charge is 0.248 e. The Labute approximate surface area is 245 Å². The van der Waals surface area contributed by atoms with Gasteiger partial charge in [-0.05, 0) is 99.8 Å². The van der Waals surface area contributed by atoms with E-state index in [9.17, 15) is 9.59 Å². The second-order valence-corrected chi connectivity index (χ2v) is 16.3. The lowest BCUT2D eigenvalue weighted by atomic mass is 9.68. The SMILES string of the molecule is CC1(C)C[C@](C)(CC[C@@]2(C)C[C@@](C)(CC[C@]3(C)CC(C)(C)c4c[nH]c(=O)cc43)c3ccc(=O)[nH]c32)c2ccccc21. The maximum absolute atomic E-state index is 12.7. The fourth-order valence-corrected chi connectivity index (χ4v) is 9.95. The maximum Gasteiger partial charge on any atom is 0.248 e. The number of aromatic amines is 2. The highest BCUT2D eigenvalue weighted by Crippen LogP contribution is 2.58. The molecule has 41 heavy (non-hydrogen) atoms. The van der Waals surface area contributed by atoms with Gasteiger partial charge in [-0.15, -0.1) is 0 Å². The molecule has 2 N–H and O–H groups in total. The van der Waals surface area contributed by atoms with Gasteiger partial charge < -0.3 is 9.97 Å². The highest BCUT2D eigenvalue weighted by Gasteiger charge is 2.52. The largest absolute Gasteiger partial charge is 0.329 e. The van der Waals surface area contributed by atoms with Gasteiger partial charge in [-0.25, -0.2) is 0 Å². The van der Waals surface area contributed by atoms with Crippen LogP contribution >= 0.6 is 0 Å². The molecule has 218 valence electrons. The number of pyridine rings is 2. The lowest BCUT2D eigenvalue weighted by Crippen LogP contribution is -2.31. The van der Waals surface area contributed by atoms with Crippen molar-refractivity contribution in [2.45, 2.75) is 133 Å². The molecule has 3 aliphatic rings. The minimum Gasteiger partial charge on any atom is -0.329 e. The highest BCUT2D eigenvalue weighted by molar-refractivity contribution is 5.47. The molecule has 0 aliphatic heterocycles. The summed E-state index contributed by atoms with van der Waals surface area (Å²) in [5, 5.41) is 0. The third kappa shape index (κ3) is 4.39. The van der Waals surface area contributed by atoms with Crippen molar-refractivity contribution in [3.63, 3.8) is 0 Å². The molecule has 3 aliphatic carbocycles. The van der Waals surface area contributed by atoms with Gasteiger partial charge in [0.15, 0.2) is 0 Å². The van der Waals surface area contributed by atoms with Crippen LogP contribution in [0.3, 0.4) is 0 Å². The van der Waals surface area contributed by atoms with Gasteiger partial charge in [-0.3, -0.25) is 9.59 Å². The Morgan fingerprint density at radius 3 is 1.76 bits per heavy atom. The first-order valence-electron chi connectivity index (χ1n) is 15.6. The minimum atomic E-state index is -0.0971. The van der Waals surface area contributed by atoms with Crippen LogP contribution in [0.1, 0.15) is 134 Å². The first kappa shape index (κ1) is 28.2. The predicted molar refractivity (Wildman–Crippen MR) is 168 cm³/mol. The van der Waals surface area contributed by atoms with Crippen molar-refractivity contribution >= 4 is 0 Å². The number of hydrogen-bond donors (Lipinski definition) is 2. The van der Waals surface area contributed by atoms with Gasteiger partial charge in [-0.2, -0.15) is 0 Å². The van der Waals surface area contributed by atoms with Gasteiger partial charge >= 0.3 is 0 Å². The lowest BCUT2D eigenvalue weighted by Gasteiger charge is -2.36. The molecule has 0 spiro atoms. The van der Waals surface area contributed by atoms with Gasteiger partial charge in [0.2, 0.25) is 11.1 Å². The van der Waals surface area contributed by atoms with Crippen LogP contribution in [0.25, 0.3) is 0 Å². The fraction of sp³-hybridized carbons (Fsp3) is 0.568. The van der Waals surface area contributed by atoms with E-state index in [0.717, 1.165) is 50.6 Å². The lowest BCUT2D eigenvalue weighted by molar-refractivity contribution is 0.251. The Balaban J connectivity index is 1.29. The Kier molecular flexibility index (Phi) is 6.07. The summed E-state index contributed by atoms with van der Waals surface area (Å²) in [6.07, 6.45) is 9.32. The van der Waals surface area contributed by atoms with Gasteiger partial charge in [0.1, 0.15) is 0 Å².